The lowest BCUT2D eigenvalue weighted by molar-refractivity contribution is 0.257. The predicted octanol–water partition coefficient (Wildman–Crippen LogP) is 0.156. The first-order chi connectivity index (χ1) is 2.77. The number of carbonyl (C=O) groups is 1. The van der Waals surface area contributed by atoms with Crippen LogP contribution in [-0.2, 0) is 0 Å². The summed E-state index contributed by atoms with van der Waals surface area (Å²) in [5.74, 6) is 0. The highest BCUT2D eigenvalue weighted by Crippen LogP contribution is 1.59. The van der Waals surface area contributed by atoms with Gasteiger partial charge in [-0.2, -0.15) is 0 Å². The maximum absolute atomic E-state index is 9.62. The van der Waals surface area contributed by atoms with E-state index in [0.29, 0.717) is 0 Å². The highest BCUT2D eigenvalue weighted by Gasteiger charge is 1.74. The molecule has 0 aliphatic rings. The van der Waals surface area contributed by atoms with Gasteiger partial charge in [0.15, 0.2) is 0 Å². The highest BCUT2D eigenvalue weighted by molar-refractivity contribution is 5.81. The largest absolute Gasteiger partial charge is 0.350 e. The molecule has 2 N–H and O–H groups in total. The molecule has 0 aromatic rings. The fourth-order valence-electron chi connectivity index (χ4n) is 0.127. The van der Waals surface area contributed by atoms with Gasteiger partial charge in [0.25, 0.3) is 0 Å². The average Bonchev–Trinajstić information content (AvgIpc) is 1.35. The van der Waals surface area contributed by atoms with Crippen LogP contribution in [0.1, 0.15) is 6.92 Å². The molecule has 0 fully saturated rings. The van der Waals surface area contributed by atoms with Gasteiger partial charge in [-0.05, 0) is 6.92 Å². The number of hydrogen-bond acceptors (Lipinski definition) is 1. The van der Waals surface area contributed by atoms with E-state index in [4.69, 9.17) is 0 Å². The third-order valence-electron chi connectivity index (χ3n) is 0.256. The van der Waals surface area contributed by atoms with Crippen molar-refractivity contribution in [3.63, 3.8) is 0 Å². The summed E-state index contributed by atoms with van der Waals surface area (Å²) in [4.78, 5) is 12.8. The van der Waals surface area contributed by atoms with Crippen LogP contribution >= 0.6 is 0 Å². The second-order valence-corrected chi connectivity index (χ2v) is 0.726. The van der Waals surface area contributed by atoms with Crippen LogP contribution in [0.3, 0.4) is 0 Å². The van der Waals surface area contributed by atoms with Crippen molar-refractivity contribution in [2.45, 2.75) is 6.92 Å². The number of primary amides is 1. The molecular weight excluding hydrogens is 80.0 g/mol. The van der Waals surface area contributed by atoms with E-state index in [9.17, 15) is 4.79 Å². The number of hydrogen-bond donors (Lipinski definition) is 1. The lowest BCUT2D eigenvalue weighted by atomic mass is 10.9. The minimum absolute atomic E-state index is 0.641. The number of urea groups is 1. The topological polar surface area (TPSA) is 55.4 Å². The van der Waals surface area contributed by atoms with Gasteiger partial charge in [0.2, 0.25) is 0 Å². The fourth-order valence-corrected chi connectivity index (χ4v) is 0.127. The van der Waals surface area contributed by atoms with Crippen molar-refractivity contribution in [1.82, 2.24) is 0 Å². The zero-order valence-electron chi connectivity index (χ0n) is 3.51. The molecule has 0 aliphatic carbocycles. The van der Waals surface area contributed by atoms with Gasteiger partial charge in [0, 0.05) is 6.21 Å². The predicted molar refractivity (Wildman–Crippen MR) is 23.7 cm³/mol. The summed E-state index contributed by atoms with van der Waals surface area (Å²) in [5, 5.41) is 0. The smallest absolute Gasteiger partial charge is 0.337 e. The molecule has 6 heavy (non-hydrogen) atoms. The van der Waals surface area contributed by atoms with Crippen LogP contribution in [0.2, 0.25) is 0 Å². The Labute approximate surface area is 35.9 Å². The first-order valence-corrected chi connectivity index (χ1v) is 1.55. The van der Waals surface area contributed by atoms with Gasteiger partial charge in [-0.15, -0.1) is 0 Å². The van der Waals surface area contributed by atoms with E-state index < -0.39 is 6.03 Å². The zero-order chi connectivity index (χ0) is 4.99. The van der Waals surface area contributed by atoms with Crippen LogP contribution in [-0.4, -0.2) is 12.2 Å². The molecule has 3 nitrogen and oxygen atoms in total. The van der Waals surface area contributed by atoms with Gasteiger partial charge in [0.05, 0.1) is 0 Å². The first kappa shape index (κ1) is 5.14. The molecule has 3 heteroatoms. The lowest BCUT2D eigenvalue weighted by Gasteiger charge is -1.70. The van der Waals surface area contributed by atoms with E-state index in [1.165, 1.54) is 6.21 Å². The summed E-state index contributed by atoms with van der Waals surface area (Å²) in [6.45, 7) is 1.63. The van der Waals surface area contributed by atoms with E-state index in [2.05, 4.69) is 10.7 Å². The van der Waals surface area contributed by atoms with Gasteiger partial charge >= 0.3 is 6.03 Å². The Balaban J connectivity index is 3.30. The molecule has 0 atom stereocenters. The van der Waals surface area contributed by atoms with Crippen molar-refractivity contribution >= 4 is 12.2 Å². The summed E-state index contributed by atoms with van der Waals surface area (Å²) in [6, 6.07) is -0.641. The summed E-state index contributed by atoms with van der Waals surface area (Å²) >= 11 is 0. The lowest BCUT2D eigenvalue weighted by Crippen LogP contribution is -2.02. The van der Waals surface area contributed by atoms with Crippen molar-refractivity contribution < 1.29 is 4.79 Å². The van der Waals surface area contributed by atoms with Crippen molar-refractivity contribution in [3.05, 3.63) is 0 Å². The van der Waals surface area contributed by atoms with Crippen LogP contribution in [0.4, 0.5) is 4.79 Å². The minimum Gasteiger partial charge on any atom is -0.350 e. The fraction of sp³-hybridized carbons (Fsp3) is 0.333. The quantitative estimate of drug-likeness (QED) is 0.419. The summed E-state index contributed by atoms with van der Waals surface area (Å²) < 4.78 is 0. The van der Waals surface area contributed by atoms with Gasteiger partial charge in [-0.1, -0.05) is 0 Å². The molecule has 0 aromatic carbocycles. The molecule has 0 spiro atoms. The molecule has 0 bridgehead atoms. The van der Waals surface area contributed by atoms with Crippen molar-refractivity contribution in [1.29, 1.82) is 0 Å². The van der Waals surface area contributed by atoms with Gasteiger partial charge in [0.1, 0.15) is 0 Å². The summed E-state index contributed by atoms with van der Waals surface area (Å²) in [5.41, 5.74) is 4.57. The molecule has 34 valence electrons. The Kier molecular flexibility index (Phi) is 2.04. The number of nitrogens with two attached hydrogens (primary N) is 1. The van der Waals surface area contributed by atoms with E-state index in [1.807, 2.05) is 0 Å². The molecule has 0 rings (SSSR count). The standard InChI is InChI=1S/C3H6N2O/c1-2-5-3(4)6/h2H,1H3,(H2,4,6)/b5-2+. The Bertz CT molecular complexity index is 76.9. The monoisotopic (exact) mass is 86.0 g/mol. The number of carbonyl (C=O) groups excluding carboxylic acids is 1. The van der Waals surface area contributed by atoms with Crippen molar-refractivity contribution in [2.75, 3.05) is 0 Å². The average molecular weight is 86.1 g/mol. The number of rotatable bonds is 0. The van der Waals surface area contributed by atoms with Crippen LogP contribution in [0.25, 0.3) is 0 Å². The summed E-state index contributed by atoms with van der Waals surface area (Å²) in [6.07, 6.45) is 1.35. The maximum atomic E-state index is 9.62. The van der Waals surface area contributed by atoms with Gasteiger partial charge < -0.3 is 5.73 Å². The molecule has 0 aromatic heterocycles. The first-order valence-electron chi connectivity index (χ1n) is 1.55. The number of nitrogens with zero attached hydrogens (tertiary/aromatic N) is 1. The third kappa shape index (κ3) is 3.14. The highest BCUT2D eigenvalue weighted by atomic mass is 16.2. The molecule has 0 aliphatic heterocycles. The second-order valence-electron chi connectivity index (χ2n) is 0.726. The molecule has 2 amide bonds. The molecule has 0 unspecified atom stereocenters. The number of amides is 2. The van der Waals surface area contributed by atoms with Crippen LogP contribution in [0.5, 0.6) is 0 Å². The third-order valence-corrected chi connectivity index (χ3v) is 0.256. The Morgan fingerprint density at radius 2 is 2.50 bits per heavy atom. The normalized spacial score (nSPS) is 9.50. The van der Waals surface area contributed by atoms with Crippen molar-refractivity contribution in [2.24, 2.45) is 10.7 Å². The summed E-state index contributed by atoms with van der Waals surface area (Å²) in [7, 11) is 0. The van der Waals surface area contributed by atoms with Crippen LogP contribution < -0.4 is 5.73 Å². The van der Waals surface area contributed by atoms with E-state index in [1.54, 1.807) is 6.92 Å². The Morgan fingerprint density at radius 1 is 2.00 bits per heavy atom. The minimum atomic E-state index is -0.641. The van der Waals surface area contributed by atoms with Crippen molar-refractivity contribution in [3.8, 4) is 0 Å². The van der Waals surface area contributed by atoms with E-state index >= 15 is 0 Å². The van der Waals surface area contributed by atoms with Crippen LogP contribution in [0.15, 0.2) is 4.99 Å². The number of aliphatic imine (C=N–C) groups is 1. The molecule has 0 heterocycles. The maximum Gasteiger partial charge on any atom is 0.337 e. The molecule has 0 saturated carbocycles. The molecule has 0 radical (unpaired) electrons. The molecule has 0 saturated heterocycles. The van der Waals surface area contributed by atoms with Crippen LogP contribution in [0, 0.1) is 0 Å². The Morgan fingerprint density at radius 3 is 2.50 bits per heavy atom. The second kappa shape index (κ2) is 2.38. The zero-order valence-corrected chi connectivity index (χ0v) is 3.51. The SMILES string of the molecule is C/C=N/C(N)=O. The van der Waals surface area contributed by atoms with E-state index in [-0.39, 0.29) is 0 Å². The Hall–Kier alpha value is -0.860. The van der Waals surface area contributed by atoms with Gasteiger partial charge in [-0.3, -0.25) is 0 Å². The van der Waals surface area contributed by atoms with E-state index in [0.717, 1.165) is 0 Å². The molecular formula is C3H6N2O. The van der Waals surface area contributed by atoms with Gasteiger partial charge in [-0.25, -0.2) is 9.79 Å².